The molecule has 0 saturated heterocycles. The molecule has 0 aliphatic heterocycles. The molecule has 0 N–H and O–H groups in total. The molecule has 1 rings (SSSR count). The van der Waals surface area contributed by atoms with E-state index in [9.17, 15) is 8.42 Å². The average molecular weight is 208 g/mol. The number of hydrogen-bond donors (Lipinski definition) is 0. The second kappa shape index (κ2) is 3.23. The first-order valence-electron chi connectivity index (χ1n) is 3.83. The smallest absolute Gasteiger partial charge is 0.212 e. The van der Waals surface area contributed by atoms with Gasteiger partial charge in [0.25, 0.3) is 0 Å². The Balaban J connectivity index is 2.48. The third kappa shape index (κ3) is 1.90. The number of unbranched alkanes of at least 4 members (excludes halogenated alkanes) is 1. The standard InChI is InChI=1S/C7H10ClNO2S/c8-12(10,11)7(4-5-7)3-1-2-6-9/h1-5H2. The van der Waals surface area contributed by atoms with Gasteiger partial charge in [-0.05, 0) is 25.7 Å². The van der Waals surface area contributed by atoms with E-state index in [-0.39, 0.29) is 0 Å². The summed E-state index contributed by atoms with van der Waals surface area (Å²) >= 11 is 0. The number of nitriles is 1. The van der Waals surface area contributed by atoms with Crippen LogP contribution in [0.3, 0.4) is 0 Å². The zero-order valence-corrected chi connectivity index (χ0v) is 8.16. The van der Waals surface area contributed by atoms with Gasteiger partial charge in [0.1, 0.15) is 0 Å². The van der Waals surface area contributed by atoms with Crippen molar-refractivity contribution in [3.8, 4) is 6.07 Å². The van der Waals surface area contributed by atoms with E-state index in [4.69, 9.17) is 15.9 Å². The predicted molar refractivity (Wildman–Crippen MR) is 46.2 cm³/mol. The van der Waals surface area contributed by atoms with Gasteiger partial charge < -0.3 is 0 Å². The molecule has 68 valence electrons. The Morgan fingerprint density at radius 1 is 1.50 bits per heavy atom. The topological polar surface area (TPSA) is 57.9 Å². The number of hydrogen-bond acceptors (Lipinski definition) is 3. The fraction of sp³-hybridized carbons (Fsp3) is 0.857. The molecular weight excluding hydrogens is 198 g/mol. The van der Waals surface area contributed by atoms with Gasteiger partial charge in [0.05, 0.1) is 10.8 Å². The fourth-order valence-electron chi connectivity index (χ4n) is 1.24. The molecular formula is C7H10ClNO2S. The number of rotatable bonds is 4. The van der Waals surface area contributed by atoms with Crippen molar-refractivity contribution >= 4 is 19.7 Å². The lowest BCUT2D eigenvalue weighted by Crippen LogP contribution is -2.17. The summed E-state index contributed by atoms with van der Waals surface area (Å²) in [5.74, 6) is 0. The summed E-state index contributed by atoms with van der Waals surface area (Å²) in [7, 11) is 1.85. The second-order valence-corrected chi connectivity index (χ2v) is 6.09. The van der Waals surface area contributed by atoms with Crippen LogP contribution in [0.5, 0.6) is 0 Å². The molecule has 0 unspecified atom stereocenters. The average Bonchev–Trinajstić information content (AvgIpc) is 2.67. The van der Waals surface area contributed by atoms with Crippen LogP contribution >= 0.6 is 10.7 Å². The van der Waals surface area contributed by atoms with Gasteiger partial charge in [-0.2, -0.15) is 5.26 Å². The van der Waals surface area contributed by atoms with Gasteiger partial charge in [0.2, 0.25) is 9.05 Å². The molecule has 0 aromatic heterocycles. The van der Waals surface area contributed by atoms with Crippen LogP contribution in [0.4, 0.5) is 0 Å². The quantitative estimate of drug-likeness (QED) is 0.522. The van der Waals surface area contributed by atoms with Gasteiger partial charge in [-0.25, -0.2) is 8.42 Å². The minimum absolute atomic E-state index is 0.411. The van der Waals surface area contributed by atoms with Crippen molar-refractivity contribution in [2.24, 2.45) is 0 Å². The van der Waals surface area contributed by atoms with E-state index >= 15 is 0 Å². The Morgan fingerprint density at radius 2 is 2.08 bits per heavy atom. The highest BCUT2D eigenvalue weighted by Crippen LogP contribution is 2.49. The molecule has 1 aliphatic rings. The van der Waals surface area contributed by atoms with Crippen molar-refractivity contribution in [2.75, 3.05) is 0 Å². The molecule has 0 atom stereocenters. The predicted octanol–water partition coefficient (Wildman–Crippen LogP) is 1.78. The lowest BCUT2D eigenvalue weighted by atomic mass is 10.2. The van der Waals surface area contributed by atoms with Gasteiger partial charge >= 0.3 is 0 Å². The number of halogens is 1. The van der Waals surface area contributed by atoms with E-state index < -0.39 is 13.8 Å². The lowest BCUT2D eigenvalue weighted by Gasteiger charge is -2.08. The Morgan fingerprint density at radius 3 is 2.42 bits per heavy atom. The van der Waals surface area contributed by atoms with Gasteiger partial charge in [0, 0.05) is 17.1 Å². The van der Waals surface area contributed by atoms with E-state index in [2.05, 4.69) is 0 Å². The van der Waals surface area contributed by atoms with Crippen LogP contribution < -0.4 is 0 Å². The van der Waals surface area contributed by atoms with E-state index in [0.29, 0.717) is 32.1 Å². The van der Waals surface area contributed by atoms with Crippen molar-refractivity contribution in [3.63, 3.8) is 0 Å². The van der Waals surface area contributed by atoms with E-state index in [0.717, 1.165) is 0 Å². The summed E-state index contributed by atoms with van der Waals surface area (Å²) in [5, 5.41) is 8.25. The van der Waals surface area contributed by atoms with Crippen LogP contribution in [0, 0.1) is 11.3 Å². The van der Waals surface area contributed by atoms with Crippen LogP contribution in [0.2, 0.25) is 0 Å². The molecule has 3 nitrogen and oxygen atoms in total. The van der Waals surface area contributed by atoms with Crippen molar-refractivity contribution in [3.05, 3.63) is 0 Å². The summed E-state index contributed by atoms with van der Waals surface area (Å²) < 4.78 is 21.3. The summed E-state index contributed by atoms with van der Waals surface area (Å²) in [5.41, 5.74) is 0. The first-order valence-corrected chi connectivity index (χ1v) is 6.14. The molecule has 0 bridgehead atoms. The minimum Gasteiger partial charge on any atom is -0.212 e. The van der Waals surface area contributed by atoms with E-state index in [1.165, 1.54) is 0 Å². The zero-order valence-electron chi connectivity index (χ0n) is 6.59. The maximum atomic E-state index is 11.0. The molecule has 1 fully saturated rings. The Kier molecular flexibility index (Phi) is 2.64. The van der Waals surface area contributed by atoms with Crippen molar-refractivity contribution < 1.29 is 8.42 Å². The Bertz CT molecular complexity index is 300. The molecule has 0 aromatic carbocycles. The zero-order chi connectivity index (χ0) is 9.24. The molecule has 0 aromatic rings. The van der Waals surface area contributed by atoms with Crippen LogP contribution in [0.1, 0.15) is 32.1 Å². The molecule has 1 aliphatic carbocycles. The number of nitrogens with zero attached hydrogens (tertiary/aromatic N) is 1. The summed E-state index contributed by atoms with van der Waals surface area (Å²) in [6, 6.07) is 1.98. The van der Waals surface area contributed by atoms with Crippen molar-refractivity contribution in [1.82, 2.24) is 0 Å². The van der Waals surface area contributed by atoms with Crippen molar-refractivity contribution in [1.29, 1.82) is 5.26 Å². The van der Waals surface area contributed by atoms with Crippen LogP contribution in [-0.2, 0) is 9.05 Å². The third-order valence-electron chi connectivity index (χ3n) is 2.25. The highest BCUT2D eigenvalue weighted by molar-refractivity contribution is 8.15. The third-order valence-corrected chi connectivity index (χ3v) is 4.87. The molecule has 0 radical (unpaired) electrons. The highest BCUT2D eigenvalue weighted by Gasteiger charge is 2.52. The summed E-state index contributed by atoms with van der Waals surface area (Å²) in [6.07, 6.45) is 2.89. The molecule has 0 heterocycles. The van der Waals surface area contributed by atoms with Crippen molar-refractivity contribution in [2.45, 2.75) is 36.9 Å². The van der Waals surface area contributed by atoms with Gasteiger partial charge in [0.15, 0.2) is 0 Å². The molecule has 12 heavy (non-hydrogen) atoms. The van der Waals surface area contributed by atoms with Crippen LogP contribution in [-0.4, -0.2) is 13.2 Å². The van der Waals surface area contributed by atoms with Gasteiger partial charge in [-0.15, -0.1) is 0 Å². The van der Waals surface area contributed by atoms with E-state index in [1.54, 1.807) is 0 Å². The Hall–Kier alpha value is -0.270. The van der Waals surface area contributed by atoms with Gasteiger partial charge in [-0.3, -0.25) is 0 Å². The monoisotopic (exact) mass is 207 g/mol. The van der Waals surface area contributed by atoms with E-state index in [1.807, 2.05) is 6.07 Å². The van der Waals surface area contributed by atoms with Gasteiger partial charge in [-0.1, -0.05) is 0 Å². The largest absolute Gasteiger partial charge is 0.238 e. The maximum Gasteiger partial charge on any atom is 0.238 e. The maximum absolute atomic E-state index is 11.0. The fourth-order valence-corrected chi connectivity index (χ4v) is 2.92. The Labute approximate surface area is 76.7 Å². The first kappa shape index (κ1) is 9.82. The molecule has 0 amide bonds. The summed E-state index contributed by atoms with van der Waals surface area (Å²) in [4.78, 5) is 0. The molecule has 0 spiro atoms. The summed E-state index contributed by atoms with van der Waals surface area (Å²) in [6.45, 7) is 0. The molecule has 1 saturated carbocycles. The van der Waals surface area contributed by atoms with Crippen LogP contribution in [0.25, 0.3) is 0 Å². The molecule has 5 heteroatoms. The minimum atomic E-state index is -3.41. The lowest BCUT2D eigenvalue weighted by molar-refractivity contribution is 0.577. The normalized spacial score (nSPS) is 20.0. The first-order chi connectivity index (χ1) is 5.52. The second-order valence-electron chi connectivity index (χ2n) is 3.13. The SMILES string of the molecule is N#CCCCC1(S(=O)(=O)Cl)CC1. The van der Waals surface area contributed by atoms with Crippen LogP contribution in [0.15, 0.2) is 0 Å². The highest BCUT2D eigenvalue weighted by atomic mass is 35.7.